The molecule has 0 aliphatic rings. The summed E-state index contributed by atoms with van der Waals surface area (Å²) < 4.78 is 34.8. The number of hydrogen-bond acceptors (Lipinski definition) is 4. The van der Waals surface area contributed by atoms with Gasteiger partial charge < -0.3 is 9.64 Å². The highest BCUT2D eigenvalue weighted by Gasteiger charge is 2.28. The standard InChI is InChI=1S/C17H21BrF2N4O2/c1-9(23(6)16(25)26-17(3,4)5)15-21-10(2)22-24(15)13-8-11(19)7-12(18)14(13)20/h7-9H,1-6H3. The second kappa shape index (κ2) is 7.30. The number of carbonyl (C=O) groups excluding carboxylic acids is 1. The Kier molecular flexibility index (Phi) is 5.70. The van der Waals surface area contributed by atoms with Gasteiger partial charge in [0.25, 0.3) is 0 Å². The van der Waals surface area contributed by atoms with E-state index in [-0.39, 0.29) is 16.0 Å². The highest BCUT2D eigenvalue weighted by molar-refractivity contribution is 9.10. The van der Waals surface area contributed by atoms with Crippen LogP contribution in [0.25, 0.3) is 5.69 Å². The molecule has 1 aromatic heterocycles. The molecule has 0 bridgehead atoms. The van der Waals surface area contributed by atoms with Gasteiger partial charge in [0.05, 0.1) is 10.5 Å². The molecule has 6 nitrogen and oxygen atoms in total. The normalized spacial score (nSPS) is 12.8. The van der Waals surface area contributed by atoms with E-state index in [1.165, 1.54) is 9.58 Å². The van der Waals surface area contributed by atoms with Crippen molar-refractivity contribution in [3.05, 3.63) is 39.9 Å². The van der Waals surface area contributed by atoms with Crippen molar-refractivity contribution < 1.29 is 18.3 Å². The number of halogens is 3. The summed E-state index contributed by atoms with van der Waals surface area (Å²) in [5.41, 5.74) is -0.759. The van der Waals surface area contributed by atoms with Crippen LogP contribution in [0.2, 0.25) is 0 Å². The summed E-state index contributed by atoms with van der Waals surface area (Å²) in [6.07, 6.45) is -0.557. The van der Waals surface area contributed by atoms with Gasteiger partial charge in [0.2, 0.25) is 0 Å². The third kappa shape index (κ3) is 4.38. The van der Waals surface area contributed by atoms with Crippen molar-refractivity contribution in [2.24, 2.45) is 0 Å². The average Bonchev–Trinajstić information content (AvgIpc) is 2.89. The van der Waals surface area contributed by atoms with E-state index >= 15 is 0 Å². The van der Waals surface area contributed by atoms with Gasteiger partial charge in [-0.3, -0.25) is 0 Å². The Morgan fingerprint density at radius 2 is 1.96 bits per heavy atom. The van der Waals surface area contributed by atoms with Crippen molar-refractivity contribution in [1.29, 1.82) is 0 Å². The number of nitrogens with zero attached hydrogens (tertiary/aromatic N) is 4. The lowest BCUT2D eigenvalue weighted by molar-refractivity contribution is 0.0225. The molecule has 1 aromatic carbocycles. The first-order chi connectivity index (χ1) is 11.9. The summed E-state index contributed by atoms with van der Waals surface area (Å²) in [5.74, 6) is -0.651. The van der Waals surface area contributed by atoms with Crippen LogP contribution in [-0.2, 0) is 4.74 Å². The fraction of sp³-hybridized carbons (Fsp3) is 0.471. The summed E-state index contributed by atoms with van der Waals surface area (Å²) in [4.78, 5) is 17.9. The molecule has 2 rings (SSSR count). The number of benzene rings is 1. The zero-order valence-corrected chi connectivity index (χ0v) is 17.1. The van der Waals surface area contributed by atoms with E-state index in [4.69, 9.17) is 4.74 Å². The summed E-state index contributed by atoms with van der Waals surface area (Å²) in [6.45, 7) is 8.61. The first-order valence-electron chi connectivity index (χ1n) is 7.95. The molecule has 2 aromatic rings. The van der Waals surface area contributed by atoms with Crippen molar-refractivity contribution >= 4 is 22.0 Å². The van der Waals surface area contributed by atoms with Crippen molar-refractivity contribution in [1.82, 2.24) is 19.7 Å². The highest BCUT2D eigenvalue weighted by Crippen LogP contribution is 2.27. The van der Waals surface area contributed by atoms with Crippen LogP contribution in [0.4, 0.5) is 13.6 Å². The quantitative estimate of drug-likeness (QED) is 0.670. The Balaban J connectivity index is 2.45. The number of hydrogen-bond donors (Lipinski definition) is 0. The summed E-state index contributed by atoms with van der Waals surface area (Å²) in [7, 11) is 1.55. The van der Waals surface area contributed by atoms with Crippen LogP contribution in [0.5, 0.6) is 0 Å². The molecule has 1 amide bonds. The van der Waals surface area contributed by atoms with Gasteiger partial charge in [-0.25, -0.2) is 23.2 Å². The molecular formula is C17H21BrF2N4O2. The molecule has 0 spiro atoms. The minimum atomic E-state index is -0.676. The van der Waals surface area contributed by atoms with Crippen molar-refractivity contribution in [3.8, 4) is 5.69 Å². The molecule has 0 aliphatic heterocycles. The molecule has 0 saturated heterocycles. The van der Waals surface area contributed by atoms with Gasteiger partial charge in [-0.2, -0.15) is 5.10 Å². The maximum absolute atomic E-state index is 14.5. The molecule has 0 fully saturated rings. The fourth-order valence-electron chi connectivity index (χ4n) is 2.24. The summed E-state index contributed by atoms with van der Waals surface area (Å²) in [5, 5.41) is 4.16. The molecule has 0 radical (unpaired) electrons. The number of carbonyl (C=O) groups is 1. The van der Waals surface area contributed by atoms with Crippen LogP contribution in [0, 0.1) is 18.6 Å². The van der Waals surface area contributed by atoms with Crippen LogP contribution in [-0.4, -0.2) is 38.4 Å². The Bertz CT molecular complexity index is 833. The maximum atomic E-state index is 14.5. The Morgan fingerprint density at radius 1 is 1.35 bits per heavy atom. The van der Waals surface area contributed by atoms with Crippen molar-refractivity contribution in [3.63, 3.8) is 0 Å². The Hall–Kier alpha value is -2.03. The van der Waals surface area contributed by atoms with Gasteiger partial charge in [0.15, 0.2) is 11.6 Å². The third-order valence-corrected chi connectivity index (χ3v) is 4.15. The molecule has 0 N–H and O–H groups in total. The van der Waals surface area contributed by atoms with Crippen molar-refractivity contribution in [2.75, 3.05) is 7.05 Å². The maximum Gasteiger partial charge on any atom is 0.410 e. The lowest BCUT2D eigenvalue weighted by Gasteiger charge is -2.28. The van der Waals surface area contributed by atoms with E-state index in [0.29, 0.717) is 5.82 Å². The highest BCUT2D eigenvalue weighted by atomic mass is 79.9. The Morgan fingerprint density at radius 3 is 2.54 bits per heavy atom. The zero-order chi connectivity index (χ0) is 19.8. The van der Waals surface area contributed by atoms with Crippen LogP contribution in [0.1, 0.15) is 45.4 Å². The van der Waals surface area contributed by atoms with E-state index in [1.54, 1.807) is 41.7 Å². The molecule has 1 atom stereocenters. The molecule has 26 heavy (non-hydrogen) atoms. The van der Waals surface area contributed by atoms with Gasteiger partial charge in [-0.1, -0.05) is 0 Å². The van der Waals surface area contributed by atoms with Gasteiger partial charge in [0.1, 0.15) is 22.9 Å². The van der Waals surface area contributed by atoms with Crippen molar-refractivity contribution in [2.45, 2.75) is 46.3 Å². The topological polar surface area (TPSA) is 60.3 Å². The number of aryl methyl sites for hydroxylation is 1. The average molecular weight is 431 g/mol. The number of amides is 1. The van der Waals surface area contributed by atoms with Gasteiger partial charge in [0, 0.05) is 13.1 Å². The largest absolute Gasteiger partial charge is 0.444 e. The first kappa shape index (κ1) is 20.3. The number of aromatic nitrogens is 3. The van der Waals surface area contributed by atoms with E-state index in [9.17, 15) is 13.6 Å². The smallest absolute Gasteiger partial charge is 0.410 e. The summed E-state index contributed by atoms with van der Waals surface area (Å²) >= 11 is 2.99. The summed E-state index contributed by atoms with van der Waals surface area (Å²) in [6, 6.07) is 1.46. The van der Waals surface area contributed by atoms with Crippen LogP contribution in [0.3, 0.4) is 0 Å². The van der Waals surface area contributed by atoms with E-state index in [1.807, 2.05) is 0 Å². The molecule has 142 valence electrons. The minimum Gasteiger partial charge on any atom is -0.444 e. The van der Waals surface area contributed by atoms with Crippen LogP contribution < -0.4 is 0 Å². The second-order valence-electron chi connectivity index (χ2n) is 6.92. The van der Waals surface area contributed by atoms with E-state index in [0.717, 1.165) is 12.1 Å². The predicted molar refractivity (Wildman–Crippen MR) is 96.1 cm³/mol. The zero-order valence-electron chi connectivity index (χ0n) is 15.5. The molecular weight excluding hydrogens is 410 g/mol. The van der Waals surface area contributed by atoms with Gasteiger partial charge in [-0.15, -0.1) is 0 Å². The SMILES string of the molecule is Cc1nc(C(C)N(C)C(=O)OC(C)(C)C)n(-c2cc(F)cc(Br)c2F)n1. The first-order valence-corrected chi connectivity index (χ1v) is 8.74. The van der Waals surface area contributed by atoms with Crippen LogP contribution >= 0.6 is 15.9 Å². The monoisotopic (exact) mass is 430 g/mol. The second-order valence-corrected chi connectivity index (χ2v) is 7.77. The number of ether oxygens (including phenoxy) is 1. The minimum absolute atomic E-state index is 0.0280. The lowest BCUT2D eigenvalue weighted by Crippen LogP contribution is -2.36. The Labute approximate surface area is 159 Å². The molecule has 0 aliphatic carbocycles. The van der Waals surface area contributed by atoms with Gasteiger partial charge in [-0.05, 0) is 56.6 Å². The number of rotatable bonds is 3. The van der Waals surface area contributed by atoms with Gasteiger partial charge >= 0.3 is 6.09 Å². The fourth-order valence-corrected chi connectivity index (χ4v) is 2.66. The molecule has 0 saturated carbocycles. The van der Waals surface area contributed by atoms with E-state index in [2.05, 4.69) is 26.0 Å². The molecule has 9 heteroatoms. The molecule has 1 heterocycles. The molecule has 1 unspecified atom stereocenters. The third-order valence-electron chi connectivity index (χ3n) is 3.58. The predicted octanol–water partition coefficient (Wildman–Crippen LogP) is 4.54. The van der Waals surface area contributed by atoms with E-state index < -0.39 is 29.4 Å². The van der Waals surface area contributed by atoms with Crippen LogP contribution in [0.15, 0.2) is 16.6 Å². The lowest BCUT2D eigenvalue weighted by atomic mass is 10.2.